The Kier molecular flexibility index (Phi) is 6.18. The molecule has 0 bridgehead atoms. The van der Waals surface area contributed by atoms with Gasteiger partial charge in [0.05, 0.1) is 5.56 Å². The molecule has 2 heteroatoms. The van der Waals surface area contributed by atoms with Gasteiger partial charge in [0, 0.05) is 27.8 Å². The molecule has 0 unspecified atom stereocenters. The zero-order valence-electron chi connectivity index (χ0n) is 21.2. The largest absolute Gasteiger partial charge is 0.311 e. The molecule has 6 rings (SSSR count). The number of aryl methyl sites for hydroxylation is 1. The Morgan fingerprint density at radius 2 is 1.03 bits per heavy atom. The fourth-order valence-corrected chi connectivity index (χ4v) is 5.16. The van der Waals surface area contributed by atoms with Gasteiger partial charge in [0.2, 0.25) is 0 Å². The minimum Gasteiger partial charge on any atom is -0.311 e. The molecule has 0 fully saturated rings. The first-order valence-electron chi connectivity index (χ1n) is 12.8. The number of hydrogen-bond acceptors (Lipinski definition) is 2. The Morgan fingerprint density at radius 3 is 1.66 bits per heavy atom. The lowest BCUT2D eigenvalue weighted by atomic mass is 9.92. The SMILES string of the molecule is Cc1c2ccccc2c(C#N)c2ccc(C=Cc3ccc(N(c4ccccc4)c4ccccc4)cc3)cc12. The summed E-state index contributed by atoms with van der Waals surface area (Å²) in [6.45, 7) is 2.14. The standard InChI is InChI=1S/C36H26N2/c1-26-32-14-8-9-15-33(32)36(25-37)34-23-20-28(24-35(26)34)17-16-27-18-21-31(22-19-27)38(29-10-4-2-5-11-29)30-12-6-3-7-13-30/h2-24H,1H3. The number of fused-ring (bicyclic) bond motifs is 2. The lowest BCUT2D eigenvalue weighted by Crippen LogP contribution is -2.09. The van der Waals surface area contributed by atoms with Crippen LogP contribution in [0.2, 0.25) is 0 Å². The Labute approximate surface area is 223 Å². The molecule has 0 aliphatic carbocycles. The Morgan fingerprint density at radius 1 is 0.526 bits per heavy atom. The molecule has 0 atom stereocenters. The molecule has 6 aromatic rings. The van der Waals surface area contributed by atoms with Crippen LogP contribution in [0.3, 0.4) is 0 Å². The molecule has 0 radical (unpaired) electrons. The van der Waals surface area contributed by atoms with E-state index in [4.69, 9.17) is 0 Å². The van der Waals surface area contributed by atoms with Gasteiger partial charge in [-0.3, -0.25) is 0 Å². The van der Waals surface area contributed by atoms with Gasteiger partial charge >= 0.3 is 0 Å². The Bertz CT molecular complexity index is 1770. The van der Waals surface area contributed by atoms with Crippen LogP contribution >= 0.6 is 0 Å². The molecule has 2 nitrogen and oxygen atoms in total. The van der Waals surface area contributed by atoms with Gasteiger partial charge in [-0.25, -0.2) is 0 Å². The van der Waals surface area contributed by atoms with Crippen molar-refractivity contribution < 1.29 is 0 Å². The van der Waals surface area contributed by atoms with E-state index in [1.165, 1.54) is 5.56 Å². The third-order valence-electron chi connectivity index (χ3n) is 7.08. The number of benzene rings is 6. The molecule has 0 spiro atoms. The highest BCUT2D eigenvalue weighted by Gasteiger charge is 2.12. The number of nitriles is 1. The molecule has 0 heterocycles. The van der Waals surface area contributed by atoms with Crippen molar-refractivity contribution in [2.75, 3.05) is 4.90 Å². The van der Waals surface area contributed by atoms with Crippen LogP contribution in [0.25, 0.3) is 33.7 Å². The van der Waals surface area contributed by atoms with Crippen molar-refractivity contribution in [1.82, 2.24) is 0 Å². The van der Waals surface area contributed by atoms with Gasteiger partial charge < -0.3 is 4.90 Å². The van der Waals surface area contributed by atoms with E-state index in [0.29, 0.717) is 0 Å². The van der Waals surface area contributed by atoms with Crippen LogP contribution in [0.15, 0.2) is 127 Å². The van der Waals surface area contributed by atoms with Crippen molar-refractivity contribution in [2.24, 2.45) is 0 Å². The lowest BCUT2D eigenvalue weighted by molar-refractivity contribution is 1.28. The first kappa shape index (κ1) is 23.3. The molecule has 0 saturated carbocycles. The molecule has 0 aromatic heterocycles. The molecule has 0 N–H and O–H groups in total. The molecule has 0 aliphatic rings. The highest BCUT2D eigenvalue weighted by atomic mass is 15.1. The van der Waals surface area contributed by atoms with Crippen molar-refractivity contribution >= 4 is 50.8 Å². The third kappa shape index (κ3) is 4.32. The van der Waals surface area contributed by atoms with E-state index < -0.39 is 0 Å². The number of hydrogen-bond donors (Lipinski definition) is 0. The van der Waals surface area contributed by atoms with Gasteiger partial charge in [-0.1, -0.05) is 97.1 Å². The van der Waals surface area contributed by atoms with Crippen molar-refractivity contribution in [2.45, 2.75) is 6.92 Å². The van der Waals surface area contributed by atoms with Crippen LogP contribution in [0.4, 0.5) is 17.1 Å². The second-order valence-electron chi connectivity index (χ2n) is 9.39. The highest BCUT2D eigenvalue weighted by molar-refractivity contribution is 6.08. The molecule has 0 aliphatic heterocycles. The van der Waals surface area contributed by atoms with Gasteiger partial charge in [0.25, 0.3) is 0 Å². The highest BCUT2D eigenvalue weighted by Crippen LogP contribution is 2.35. The summed E-state index contributed by atoms with van der Waals surface area (Å²) in [6.07, 6.45) is 4.28. The molecule has 6 aromatic carbocycles. The third-order valence-corrected chi connectivity index (χ3v) is 7.08. The maximum Gasteiger partial charge on any atom is 0.100 e. The zero-order chi connectivity index (χ0) is 25.9. The van der Waals surface area contributed by atoms with Gasteiger partial charge in [0.1, 0.15) is 6.07 Å². The quantitative estimate of drug-likeness (QED) is 0.179. The van der Waals surface area contributed by atoms with Crippen molar-refractivity contribution in [1.29, 1.82) is 5.26 Å². The smallest absolute Gasteiger partial charge is 0.100 e. The Hall–Kier alpha value is -5.13. The van der Waals surface area contributed by atoms with Crippen LogP contribution in [0.5, 0.6) is 0 Å². The predicted molar refractivity (Wildman–Crippen MR) is 161 cm³/mol. The normalized spacial score (nSPS) is 11.2. The molecule has 180 valence electrons. The van der Waals surface area contributed by atoms with Crippen LogP contribution in [-0.4, -0.2) is 0 Å². The van der Waals surface area contributed by atoms with Crippen LogP contribution in [0, 0.1) is 18.3 Å². The van der Waals surface area contributed by atoms with Crippen LogP contribution < -0.4 is 4.90 Å². The predicted octanol–water partition coefficient (Wildman–Crippen LogP) is 9.81. The first-order valence-corrected chi connectivity index (χ1v) is 12.8. The van der Waals surface area contributed by atoms with Crippen molar-refractivity contribution in [3.8, 4) is 6.07 Å². The summed E-state index contributed by atoms with van der Waals surface area (Å²) in [4.78, 5) is 2.26. The van der Waals surface area contributed by atoms with E-state index in [2.05, 4.69) is 127 Å². The summed E-state index contributed by atoms with van der Waals surface area (Å²) < 4.78 is 0. The monoisotopic (exact) mass is 486 g/mol. The van der Waals surface area contributed by atoms with E-state index in [1.54, 1.807) is 0 Å². The maximum absolute atomic E-state index is 9.89. The molecule has 0 amide bonds. The summed E-state index contributed by atoms with van der Waals surface area (Å²) in [6, 6.07) is 46.4. The van der Waals surface area contributed by atoms with E-state index in [9.17, 15) is 5.26 Å². The molecule has 38 heavy (non-hydrogen) atoms. The van der Waals surface area contributed by atoms with Crippen molar-refractivity contribution in [3.63, 3.8) is 0 Å². The second kappa shape index (κ2) is 10.1. The minimum absolute atomic E-state index is 0.744. The summed E-state index contributed by atoms with van der Waals surface area (Å²) in [5, 5.41) is 14.2. The zero-order valence-corrected chi connectivity index (χ0v) is 21.2. The van der Waals surface area contributed by atoms with Gasteiger partial charge in [0.15, 0.2) is 0 Å². The number of nitrogens with zero attached hydrogens (tertiary/aromatic N) is 2. The fraction of sp³-hybridized carbons (Fsp3) is 0.0278. The van der Waals surface area contributed by atoms with E-state index in [1.807, 2.05) is 30.3 Å². The van der Waals surface area contributed by atoms with Crippen LogP contribution in [0.1, 0.15) is 22.3 Å². The summed E-state index contributed by atoms with van der Waals surface area (Å²) in [5.41, 5.74) is 7.54. The van der Waals surface area contributed by atoms with Gasteiger partial charge in [-0.15, -0.1) is 0 Å². The topological polar surface area (TPSA) is 27.0 Å². The fourth-order valence-electron chi connectivity index (χ4n) is 5.16. The van der Waals surface area contributed by atoms with E-state index >= 15 is 0 Å². The summed E-state index contributed by atoms with van der Waals surface area (Å²) in [7, 11) is 0. The first-order chi connectivity index (χ1) is 18.7. The maximum atomic E-state index is 9.89. The molecular formula is C36H26N2. The van der Waals surface area contributed by atoms with Gasteiger partial charge in [-0.2, -0.15) is 5.26 Å². The molecule has 0 saturated heterocycles. The second-order valence-corrected chi connectivity index (χ2v) is 9.39. The summed E-state index contributed by atoms with van der Waals surface area (Å²) in [5.74, 6) is 0. The lowest BCUT2D eigenvalue weighted by Gasteiger charge is -2.25. The van der Waals surface area contributed by atoms with Crippen molar-refractivity contribution in [3.05, 3.63) is 150 Å². The number of rotatable bonds is 5. The number of anilines is 3. The number of para-hydroxylation sites is 2. The average molecular weight is 487 g/mol. The van der Waals surface area contributed by atoms with E-state index in [0.717, 1.165) is 55.3 Å². The average Bonchev–Trinajstić information content (AvgIpc) is 2.98. The van der Waals surface area contributed by atoms with E-state index in [-0.39, 0.29) is 0 Å². The Balaban J connectivity index is 1.33. The van der Waals surface area contributed by atoms with Crippen LogP contribution in [-0.2, 0) is 0 Å². The van der Waals surface area contributed by atoms with Gasteiger partial charge in [-0.05, 0) is 76.9 Å². The summed E-state index contributed by atoms with van der Waals surface area (Å²) >= 11 is 0. The minimum atomic E-state index is 0.744. The molecular weight excluding hydrogens is 460 g/mol.